The van der Waals surface area contributed by atoms with Crippen molar-refractivity contribution >= 4 is 28.7 Å². The minimum absolute atomic E-state index is 0.109. The fraction of sp³-hybridized carbons (Fsp3) is 0.412. The molecular weight excluding hydrogens is 308 g/mol. The topological polar surface area (TPSA) is 48.5 Å². The third-order valence-corrected chi connectivity index (χ3v) is 4.83. The van der Waals surface area contributed by atoms with Gasteiger partial charge in [-0.2, -0.15) is 0 Å². The van der Waals surface area contributed by atoms with Crippen LogP contribution in [0, 0.1) is 6.92 Å². The minimum Gasteiger partial charge on any atom is -0.370 e. The number of hydrogen-bond acceptors (Lipinski definition) is 4. The van der Waals surface area contributed by atoms with Crippen molar-refractivity contribution in [3.05, 3.63) is 40.3 Å². The van der Waals surface area contributed by atoms with Crippen LogP contribution in [-0.4, -0.2) is 36.1 Å². The zero-order chi connectivity index (χ0) is 16.2. The van der Waals surface area contributed by atoms with Gasteiger partial charge in [-0.05, 0) is 31.9 Å². The molecule has 5 nitrogen and oxygen atoms in total. The van der Waals surface area contributed by atoms with Crippen LogP contribution >= 0.6 is 11.3 Å². The first-order valence-corrected chi connectivity index (χ1v) is 8.78. The third-order valence-electron chi connectivity index (χ3n) is 4.00. The summed E-state index contributed by atoms with van der Waals surface area (Å²) < 4.78 is 0. The van der Waals surface area contributed by atoms with E-state index in [1.165, 1.54) is 12.8 Å². The first-order chi connectivity index (χ1) is 11.1. The zero-order valence-electron chi connectivity index (χ0n) is 13.6. The lowest BCUT2D eigenvalue weighted by Crippen LogP contribution is -2.31. The highest BCUT2D eigenvalue weighted by atomic mass is 32.1. The lowest BCUT2D eigenvalue weighted by molar-refractivity contribution is 0.220. The second-order valence-electron chi connectivity index (χ2n) is 5.86. The Morgan fingerprint density at radius 3 is 2.78 bits per heavy atom. The molecule has 122 valence electrons. The Morgan fingerprint density at radius 1 is 1.35 bits per heavy atom. The van der Waals surface area contributed by atoms with Crippen molar-refractivity contribution in [2.45, 2.75) is 26.3 Å². The fourth-order valence-electron chi connectivity index (χ4n) is 2.82. The summed E-state index contributed by atoms with van der Waals surface area (Å²) in [5.74, 6) is 0. The van der Waals surface area contributed by atoms with Crippen molar-refractivity contribution < 1.29 is 4.79 Å². The van der Waals surface area contributed by atoms with Gasteiger partial charge in [0.15, 0.2) is 0 Å². The van der Waals surface area contributed by atoms with Gasteiger partial charge in [0.1, 0.15) is 0 Å². The molecule has 2 amide bonds. The molecule has 2 heterocycles. The maximum Gasteiger partial charge on any atom is 0.321 e. The summed E-state index contributed by atoms with van der Waals surface area (Å²) in [5, 5.41) is 6.05. The third kappa shape index (κ3) is 3.82. The summed E-state index contributed by atoms with van der Waals surface area (Å²) in [5.41, 5.74) is 2.91. The highest BCUT2D eigenvalue weighted by Crippen LogP contribution is 2.28. The molecule has 2 aromatic rings. The highest BCUT2D eigenvalue weighted by Gasteiger charge is 2.18. The van der Waals surface area contributed by atoms with E-state index in [2.05, 4.69) is 21.3 Å². The molecule has 1 N–H and O–H groups in total. The Kier molecular flexibility index (Phi) is 4.81. The standard InChI is InChI=1S/C17H22N4OS/c1-13-18-14(12-23-13)11-20(2)17(22)19-15-7-3-4-8-16(15)21-9-5-6-10-21/h3-4,7-8,12H,5-6,9-11H2,1-2H3,(H,19,22). The second-order valence-corrected chi connectivity index (χ2v) is 6.92. The van der Waals surface area contributed by atoms with Gasteiger partial charge in [0.05, 0.1) is 28.6 Å². The molecule has 0 aliphatic carbocycles. The van der Waals surface area contributed by atoms with E-state index < -0.39 is 0 Å². The predicted molar refractivity (Wildman–Crippen MR) is 95.2 cm³/mol. The Morgan fingerprint density at radius 2 is 2.09 bits per heavy atom. The number of aryl methyl sites for hydroxylation is 1. The van der Waals surface area contributed by atoms with Gasteiger partial charge in [0.25, 0.3) is 0 Å². The number of benzene rings is 1. The Bertz CT molecular complexity index is 679. The quantitative estimate of drug-likeness (QED) is 0.929. The summed E-state index contributed by atoms with van der Waals surface area (Å²) in [6, 6.07) is 7.91. The smallest absolute Gasteiger partial charge is 0.321 e. The van der Waals surface area contributed by atoms with E-state index in [1.807, 2.05) is 30.5 Å². The predicted octanol–water partition coefficient (Wildman–Crippen LogP) is 3.72. The average molecular weight is 330 g/mol. The first-order valence-electron chi connectivity index (χ1n) is 7.90. The Balaban J connectivity index is 1.67. The molecule has 0 spiro atoms. The zero-order valence-corrected chi connectivity index (χ0v) is 14.4. The van der Waals surface area contributed by atoms with E-state index in [0.29, 0.717) is 6.54 Å². The average Bonchev–Trinajstić information content (AvgIpc) is 3.19. The van der Waals surface area contributed by atoms with E-state index in [9.17, 15) is 4.79 Å². The van der Waals surface area contributed by atoms with E-state index in [4.69, 9.17) is 0 Å². The van der Waals surface area contributed by atoms with Crippen molar-refractivity contribution in [2.24, 2.45) is 0 Å². The monoisotopic (exact) mass is 330 g/mol. The van der Waals surface area contributed by atoms with E-state index in [-0.39, 0.29) is 6.03 Å². The number of nitrogens with zero attached hydrogens (tertiary/aromatic N) is 3. The number of nitrogens with one attached hydrogen (secondary N) is 1. The van der Waals surface area contributed by atoms with Crippen LogP contribution in [0.5, 0.6) is 0 Å². The van der Waals surface area contributed by atoms with Crippen LogP contribution in [0.2, 0.25) is 0 Å². The van der Waals surface area contributed by atoms with Gasteiger partial charge in [-0.15, -0.1) is 11.3 Å². The second kappa shape index (κ2) is 7.00. The van der Waals surface area contributed by atoms with Gasteiger partial charge in [-0.3, -0.25) is 0 Å². The van der Waals surface area contributed by atoms with Gasteiger partial charge < -0.3 is 15.1 Å². The van der Waals surface area contributed by atoms with Gasteiger partial charge >= 0.3 is 6.03 Å². The molecule has 1 fully saturated rings. The maximum absolute atomic E-state index is 12.5. The molecular formula is C17H22N4OS. The van der Waals surface area contributed by atoms with Crippen molar-refractivity contribution in [2.75, 3.05) is 30.4 Å². The molecule has 23 heavy (non-hydrogen) atoms. The van der Waals surface area contributed by atoms with Gasteiger partial charge in [0.2, 0.25) is 0 Å². The molecule has 0 bridgehead atoms. The number of carbonyl (C=O) groups excluding carboxylic acids is 1. The summed E-state index contributed by atoms with van der Waals surface area (Å²) >= 11 is 1.61. The molecule has 3 rings (SSSR count). The molecule has 1 aromatic heterocycles. The van der Waals surface area contributed by atoms with Gasteiger partial charge in [0, 0.05) is 25.5 Å². The molecule has 1 aromatic carbocycles. The van der Waals surface area contributed by atoms with Crippen molar-refractivity contribution in [1.82, 2.24) is 9.88 Å². The van der Waals surface area contributed by atoms with Crippen molar-refractivity contribution in [1.29, 1.82) is 0 Å². The number of urea groups is 1. The van der Waals surface area contributed by atoms with Crippen LogP contribution in [0.4, 0.5) is 16.2 Å². The number of rotatable bonds is 4. The molecule has 0 saturated carbocycles. The normalized spacial score (nSPS) is 14.1. The lowest BCUT2D eigenvalue weighted by atomic mass is 10.2. The molecule has 0 unspecified atom stereocenters. The van der Waals surface area contributed by atoms with Crippen molar-refractivity contribution in [3.63, 3.8) is 0 Å². The number of anilines is 2. The highest BCUT2D eigenvalue weighted by molar-refractivity contribution is 7.09. The van der Waals surface area contributed by atoms with E-state index in [1.54, 1.807) is 23.3 Å². The number of amides is 2. The molecule has 0 atom stereocenters. The maximum atomic E-state index is 12.5. The number of thiazole rings is 1. The van der Waals surface area contributed by atoms with Gasteiger partial charge in [-0.1, -0.05) is 12.1 Å². The molecule has 1 saturated heterocycles. The molecule has 1 aliphatic heterocycles. The Labute approximate surface area is 140 Å². The largest absolute Gasteiger partial charge is 0.370 e. The number of para-hydroxylation sites is 2. The lowest BCUT2D eigenvalue weighted by Gasteiger charge is -2.23. The molecule has 0 radical (unpaired) electrons. The summed E-state index contributed by atoms with van der Waals surface area (Å²) in [6.45, 7) is 4.60. The first kappa shape index (κ1) is 15.8. The summed E-state index contributed by atoms with van der Waals surface area (Å²) in [7, 11) is 1.79. The molecule has 6 heteroatoms. The summed E-state index contributed by atoms with van der Waals surface area (Å²) in [4.78, 5) is 20.9. The van der Waals surface area contributed by atoms with Gasteiger partial charge in [-0.25, -0.2) is 9.78 Å². The SMILES string of the molecule is Cc1nc(CN(C)C(=O)Nc2ccccc2N2CCCC2)cs1. The van der Waals surface area contributed by atoms with E-state index in [0.717, 1.165) is 35.2 Å². The Hall–Kier alpha value is -2.08. The van der Waals surface area contributed by atoms with E-state index >= 15 is 0 Å². The van der Waals surface area contributed by atoms with Crippen molar-refractivity contribution in [3.8, 4) is 0 Å². The number of hydrogen-bond donors (Lipinski definition) is 1. The number of carbonyl (C=O) groups is 1. The van der Waals surface area contributed by atoms with Crippen LogP contribution in [0.1, 0.15) is 23.5 Å². The van der Waals surface area contributed by atoms with Crippen LogP contribution < -0.4 is 10.2 Å². The van der Waals surface area contributed by atoms with Crippen LogP contribution in [0.15, 0.2) is 29.6 Å². The fourth-order valence-corrected chi connectivity index (χ4v) is 3.42. The van der Waals surface area contributed by atoms with Crippen LogP contribution in [0.3, 0.4) is 0 Å². The number of aromatic nitrogens is 1. The minimum atomic E-state index is -0.109. The molecule has 1 aliphatic rings. The van der Waals surface area contributed by atoms with Crippen LogP contribution in [-0.2, 0) is 6.54 Å². The van der Waals surface area contributed by atoms with Crippen LogP contribution in [0.25, 0.3) is 0 Å². The summed E-state index contributed by atoms with van der Waals surface area (Å²) in [6.07, 6.45) is 2.43.